The highest BCUT2D eigenvalue weighted by Crippen LogP contribution is 2.30. The van der Waals surface area contributed by atoms with Gasteiger partial charge in [0.2, 0.25) is 0 Å². The first-order chi connectivity index (χ1) is 12.3. The van der Waals surface area contributed by atoms with E-state index in [9.17, 15) is 14.4 Å². The van der Waals surface area contributed by atoms with Gasteiger partial charge in [-0.2, -0.15) is 0 Å². The number of benzene rings is 2. The van der Waals surface area contributed by atoms with Gasteiger partial charge in [0, 0.05) is 32.8 Å². The summed E-state index contributed by atoms with van der Waals surface area (Å²) in [5.74, 6) is -0.524. The van der Waals surface area contributed by atoms with Crippen LogP contribution in [0.2, 0.25) is 0 Å². The van der Waals surface area contributed by atoms with E-state index in [0.29, 0.717) is 11.3 Å². The van der Waals surface area contributed by atoms with Gasteiger partial charge in [-0.1, -0.05) is 42.5 Å². The minimum absolute atomic E-state index is 0.249. The zero-order valence-electron chi connectivity index (χ0n) is 14.9. The van der Waals surface area contributed by atoms with Crippen LogP contribution in [-0.2, 0) is 30.3 Å². The SMILES string of the molecule is CC(=O)OC(OC(C)=O)c1ccccc1.CC(=O)Oc1ccc2cc1C2. The number of carbonyl (C=O) groups is 3. The van der Waals surface area contributed by atoms with Crippen LogP contribution in [0.15, 0.2) is 48.5 Å². The Balaban J connectivity index is 0.000000195. The van der Waals surface area contributed by atoms with Crippen molar-refractivity contribution in [3.8, 4) is 5.75 Å². The summed E-state index contributed by atoms with van der Waals surface area (Å²) >= 11 is 0. The van der Waals surface area contributed by atoms with Crippen LogP contribution in [0, 0.1) is 0 Å². The Morgan fingerprint density at radius 3 is 1.85 bits per heavy atom. The number of rotatable bonds is 4. The summed E-state index contributed by atoms with van der Waals surface area (Å²) < 4.78 is 14.7. The van der Waals surface area contributed by atoms with E-state index < -0.39 is 18.2 Å². The van der Waals surface area contributed by atoms with Crippen molar-refractivity contribution in [3.05, 3.63) is 65.2 Å². The highest BCUT2D eigenvalue weighted by atomic mass is 16.7. The van der Waals surface area contributed by atoms with Crippen LogP contribution in [0.4, 0.5) is 0 Å². The monoisotopic (exact) mass is 356 g/mol. The third-order valence-electron chi connectivity index (χ3n) is 3.39. The maximum absolute atomic E-state index is 10.8. The van der Waals surface area contributed by atoms with Crippen molar-refractivity contribution in [2.45, 2.75) is 33.5 Å². The van der Waals surface area contributed by atoms with Gasteiger partial charge in [-0.15, -0.1) is 0 Å². The number of esters is 3. The molecule has 0 radical (unpaired) electrons. The van der Waals surface area contributed by atoms with E-state index in [4.69, 9.17) is 14.2 Å². The Kier molecular flexibility index (Phi) is 6.49. The normalized spacial score (nSPS) is 10.8. The second-order valence-corrected chi connectivity index (χ2v) is 5.67. The maximum atomic E-state index is 10.8. The van der Waals surface area contributed by atoms with Gasteiger partial charge >= 0.3 is 17.9 Å². The second-order valence-electron chi connectivity index (χ2n) is 5.67. The van der Waals surface area contributed by atoms with Crippen LogP contribution < -0.4 is 4.74 Å². The van der Waals surface area contributed by atoms with E-state index >= 15 is 0 Å². The molecule has 26 heavy (non-hydrogen) atoms. The van der Waals surface area contributed by atoms with E-state index in [1.165, 1.54) is 26.3 Å². The predicted molar refractivity (Wildman–Crippen MR) is 93.3 cm³/mol. The quantitative estimate of drug-likeness (QED) is 0.405. The summed E-state index contributed by atoms with van der Waals surface area (Å²) in [6.07, 6.45) is 0.000231. The summed E-state index contributed by atoms with van der Waals surface area (Å²) in [6.45, 7) is 3.94. The number of hydrogen-bond donors (Lipinski definition) is 0. The van der Waals surface area contributed by atoms with Crippen molar-refractivity contribution < 1.29 is 28.6 Å². The molecular weight excluding hydrogens is 336 g/mol. The van der Waals surface area contributed by atoms with E-state index in [-0.39, 0.29) is 5.97 Å². The van der Waals surface area contributed by atoms with Gasteiger partial charge < -0.3 is 14.2 Å². The van der Waals surface area contributed by atoms with Crippen molar-refractivity contribution >= 4 is 17.9 Å². The highest BCUT2D eigenvalue weighted by Gasteiger charge is 2.17. The van der Waals surface area contributed by atoms with Crippen LogP contribution in [-0.4, -0.2) is 17.9 Å². The fourth-order valence-electron chi connectivity index (χ4n) is 2.30. The molecule has 2 aromatic rings. The molecule has 0 unspecified atom stereocenters. The van der Waals surface area contributed by atoms with Crippen molar-refractivity contribution in [2.75, 3.05) is 0 Å². The highest BCUT2D eigenvalue weighted by molar-refractivity contribution is 5.70. The molecule has 0 atom stereocenters. The smallest absolute Gasteiger partial charge is 0.308 e. The minimum atomic E-state index is -0.957. The lowest BCUT2D eigenvalue weighted by Crippen LogP contribution is -2.14. The van der Waals surface area contributed by atoms with Gasteiger partial charge in [0.15, 0.2) is 0 Å². The second kappa shape index (κ2) is 8.80. The molecule has 0 saturated heterocycles. The van der Waals surface area contributed by atoms with Gasteiger partial charge in [-0.3, -0.25) is 14.4 Å². The first-order valence-electron chi connectivity index (χ1n) is 8.04. The van der Waals surface area contributed by atoms with E-state index in [2.05, 4.69) is 0 Å². The average molecular weight is 356 g/mol. The van der Waals surface area contributed by atoms with E-state index in [0.717, 1.165) is 12.0 Å². The third-order valence-corrected chi connectivity index (χ3v) is 3.39. The third kappa shape index (κ3) is 5.73. The van der Waals surface area contributed by atoms with Crippen LogP contribution in [0.1, 0.15) is 43.8 Å². The summed E-state index contributed by atoms with van der Waals surface area (Å²) in [4.78, 5) is 32.2. The molecule has 2 aliphatic carbocycles. The largest absolute Gasteiger partial charge is 0.426 e. The summed E-state index contributed by atoms with van der Waals surface area (Å²) in [5.41, 5.74) is 3.08. The zero-order valence-corrected chi connectivity index (χ0v) is 14.9. The fourth-order valence-corrected chi connectivity index (χ4v) is 2.30. The van der Waals surface area contributed by atoms with Gasteiger partial charge in [0.25, 0.3) is 6.29 Å². The van der Waals surface area contributed by atoms with E-state index in [1.54, 1.807) is 24.3 Å². The molecule has 2 bridgehead atoms. The molecule has 0 aliphatic heterocycles. The van der Waals surface area contributed by atoms with Gasteiger partial charge in [-0.25, -0.2) is 0 Å². The molecule has 0 N–H and O–H groups in total. The molecule has 0 spiro atoms. The van der Waals surface area contributed by atoms with Crippen LogP contribution in [0.5, 0.6) is 5.75 Å². The number of hydrogen-bond acceptors (Lipinski definition) is 6. The van der Waals surface area contributed by atoms with Crippen LogP contribution >= 0.6 is 0 Å². The Bertz CT molecular complexity index is 777. The molecule has 0 aromatic heterocycles. The van der Waals surface area contributed by atoms with Crippen molar-refractivity contribution in [2.24, 2.45) is 0 Å². The molecule has 2 aromatic carbocycles. The molecule has 0 fully saturated rings. The van der Waals surface area contributed by atoms with Crippen molar-refractivity contribution in [1.29, 1.82) is 0 Å². The standard InChI is InChI=1S/C11H12O4.C9H8O2/c1-8(12)14-11(15-9(2)13)10-6-4-3-5-7-10;1-6(10)11-9-3-2-7-4-8(9)5-7/h3-7,11H,1-2H3;2-4H,5H2,1H3. The Morgan fingerprint density at radius 1 is 0.846 bits per heavy atom. The number of fused-ring (bicyclic) bond motifs is 2. The molecule has 2 aliphatic rings. The molecule has 0 amide bonds. The lowest BCUT2D eigenvalue weighted by molar-refractivity contribution is -0.186. The Morgan fingerprint density at radius 2 is 1.42 bits per heavy atom. The summed E-state index contributed by atoms with van der Waals surface area (Å²) in [6, 6.07) is 14.7. The molecule has 6 nitrogen and oxygen atoms in total. The number of ether oxygens (including phenoxy) is 3. The van der Waals surface area contributed by atoms with Crippen LogP contribution in [0.3, 0.4) is 0 Å². The van der Waals surface area contributed by atoms with Gasteiger partial charge in [-0.05, 0) is 17.2 Å². The first-order valence-corrected chi connectivity index (χ1v) is 8.04. The predicted octanol–water partition coefficient (Wildman–Crippen LogP) is 3.33. The van der Waals surface area contributed by atoms with Crippen molar-refractivity contribution in [3.63, 3.8) is 0 Å². The summed E-state index contributed by atoms with van der Waals surface area (Å²) in [7, 11) is 0. The zero-order chi connectivity index (χ0) is 19.1. The maximum Gasteiger partial charge on any atom is 0.308 e. The Hall–Kier alpha value is -3.15. The molecule has 136 valence electrons. The number of carbonyl (C=O) groups excluding carboxylic acids is 3. The fraction of sp³-hybridized carbons (Fsp3) is 0.250. The van der Waals surface area contributed by atoms with Gasteiger partial charge in [0.05, 0.1) is 0 Å². The molecule has 0 saturated carbocycles. The molecule has 0 heterocycles. The minimum Gasteiger partial charge on any atom is -0.426 e. The summed E-state index contributed by atoms with van der Waals surface area (Å²) in [5, 5.41) is 0. The molecule has 6 heteroatoms. The van der Waals surface area contributed by atoms with E-state index in [1.807, 2.05) is 24.3 Å². The molecular formula is C20H20O6. The lowest BCUT2D eigenvalue weighted by atomic mass is 9.92. The Labute approximate surface area is 151 Å². The topological polar surface area (TPSA) is 78.9 Å². The molecule has 4 rings (SSSR count). The van der Waals surface area contributed by atoms with Gasteiger partial charge in [0.1, 0.15) is 5.75 Å². The van der Waals surface area contributed by atoms with Crippen LogP contribution in [0.25, 0.3) is 0 Å². The lowest BCUT2D eigenvalue weighted by Gasteiger charge is -2.17. The van der Waals surface area contributed by atoms with Crippen molar-refractivity contribution in [1.82, 2.24) is 0 Å². The average Bonchev–Trinajstić information content (AvgIpc) is 2.53. The first kappa shape index (κ1) is 19.2.